The molecule has 3 heterocycles. The average molecular weight is 342 g/mol. The summed E-state index contributed by atoms with van der Waals surface area (Å²) in [4.78, 5) is 13.0. The Balaban J connectivity index is 1.74. The van der Waals surface area contributed by atoms with Crippen molar-refractivity contribution >= 4 is 32.3 Å². The predicted molar refractivity (Wildman–Crippen MR) is 89.7 cm³/mol. The number of aryl methyl sites for hydroxylation is 1. The molecule has 1 aliphatic heterocycles. The van der Waals surface area contributed by atoms with Crippen molar-refractivity contribution in [3.63, 3.8) is 0 Å². The molecule has 0 saturated carbocycles. The number of fused-ring (bicyclic) bond motifs is 2. The number of nitrogens with zero attached hydrogens (tertiary/aromatic N) is 5. The van der Waals surface area contributed by atoms with Crippen LogP contribution in [0, 0.1) is 0 Å². The van der Waals surface area contributed by atoms with Crippen LogP contribution in [0.3, 0.4) is 0 Å². The third-order valence-corrected chi connectivity index (χ3v) is 4.82. The van der Waals surface area contributed by atoms with Gasteiger partial charge in [0.1, 0.15) is 5.69 Å². The van der Waals surface area contributed by atoms with Gasteiger partial charge in [0.2, 0.25) is 0 Å². The van der Waals surface area contributed by atoms with Gasteiger partial charge in [0.15, 0.2) is 20.7 Å². The van der Waals surface area contributed by atoms with Crippen molar-refractivity contribution in [1.82, 2.24) is 19.7 Å². The molecule has 0 radical (unpaired) electrons. The lowest BCUT2D eigenvalue weighted by Crippen LogP contribution is -2.13. The Hall–Kier alpha value is -2.81. The molecule has 24 heavy (non-hydrogen) atoms. The van der Waals surface area contributed by atoms with E-state index in [-0.39, 0.29) is 5.03 Å². The van der Waals surface area contributed by atoms with Gasteiger partial charge in [0.05, 0.1) is 17.8 Å². The molecule has 8 nitrogen and oxygen atoms in total. The van der Waals surface area contributed by atoms with Crippen LogP contribution in [0.25, 0.3) is 10.9 Å². The summed E-state index contributed by atoms with van der Waals surface area (Å²) in [5, 5.41) is 8.02. The Morgan fingerprint density at radius 1 is 1.21 bits per heavy atom. The van der Waals surface area contributed by atoms with Crippen molar-refractivity contribution in [3.05, 3.63) is 42.0 Å². The molecule has 4 rings (SSSR count). The van der Waals surface area contributed by atoms with Crippen molar-refractivity contribution in [2.24, 2.45) is 12.0 Å². The highest BCUT2D eigenvalue weighted by molar-refractivity contribution is 7.90. The number of aliphatic imine (C=N–C) groups is 1. The molecule has 9 heteroatoms. The number of aromatic nitrogens is 4. The maximum atomic E-state index is 11.8. The minimum Gasteiger partial charge on any atom is -0.339 e. The van der Waals surface area contributed by atoms with Crippen LogP contribution in [-0.4, -0.2) is 40.3 Å². The summed E-state index contributed by atoms with van der Waals surface area (Å²) < 4.78 is 25.2. The lowest BCUT2D eigenvalue weighted by molar-refractivity contribution is 0.595. The van der Waals surface area contributed by atoms with Gasteiger partial charge in [-0.3, -0.25) is 14.7 Å². The highest BCUT2D eigenvalue weighted by Crippen LogP contribution is 2.26. The molecule has 1 aliphatic rings. The van der Waals surface area contributed by atoms with E-state index in [9.17, 15) is 8.42 Å². The SMILES string of the molecule is Cn1nc(S(C)(=O)=O)c2ccc(NC3=NCc4nccnc43)cc21. The minimum absolute atomic E-state index is 0.0842. The van der Waals surface area contributed by atoms with Crippen LogP contribution in [0.15, 0.2) is 40.6 Å². The fourth-order valence-electron chi connectivity index (χ4n) is 2.72. The lowest BCUT2D eigenvalue weighted by atomic mass is 10.2. The normalized spacial score (nSPS) is 13.8. The smallest absolute Gasteiger partial charge is 0.195 e. The molecule has 0 bridgehead atoms. The van der Waals surface area contributed by atoms with E-state index in [1.165, 1.54) is 0 Å². The molecule has 122 valence electrons. The first kappa shape index (κ1) is 14.8. The van der Waals surface area contributed by atoms with E-state index < -0.39 is 9.84 Å². The van der Waals surface area contributed by atoms with Gasteiger partial charge in [-0.25, -0.2) is 13.4 Å². The van der Waals surface area contributed by atoms with Gasteiger partial charge in [-0.2, -0.15) is 5.10 Å². The fraction of sp³-hybridized carbons (Fsp3) is 0.200. The van der Waals surface area contributed by atoms with E-state index >= 15 is 0 Å². The van der Waals surface area contributed by atoms with Crippen LogP contribution in [-0.2, 0) is 23.4 Å². The zero-order valence-electron chi connectivity index (χ0n) is 13.1. The summed E-state index contributed by atoms with van der Waals surface area (Å²) in [6, 6.07) is 5.39. The molecule has 2 aromatic heterocycles. The van der Waals surface area contributed by atoms with Gasteiger partial charge in [0, 0.05) is 36.8 Å². The van der Waals surface area contributed by atoms with Gasteiger partial charge in [-0.15, -0.1) is 0 Å². The van der Waals surface area contributed by atoms with Crippen molar-refractivity contribution in [3.8, 4) is 0 Å². The first-order valence-corrected chi connectivity index (χ1v) is 9.11. The molecule has 3 aromatic rings. The molecular formula is C15H14N6O2S. The topological polar surface area (TPSA) is 102 Å². The maximum Gasteiger partial charge on any atom is 0.195 e. The minimum atomic E-state index is -3.38. The Labute approximate surface area is 138 Å². The molecule has 0 fully saturated rings. The standard InChI is InChI=1S/C15H14N6O2S/c1-21-12-7-9(3-4-10(12)15(20-21)24(2,22)23)19-14-13-11(8-18-14)16-5-6-17-13/h3-7H,8H2,1-2H3,(H,18,19). The number of hydrogen-bond acceptors (Lipinski definition) is 7. The second-order valence-electron chi connectivity index (χ2n) is 5.57. The van der Waals surface area contributed by atoms with E-state index in [4.69, 9.17) is 0 Å². The summed E-state index contributed by atoms with van der Waals surface area (Å²) in [5.74, 6) is 0.656. The number of nitrogens with one attached hydrogen (secondary N) is 1. The van der Waals surface area contributed by atoms with Crippen molar-refractivity contribution in [2.75, 3.05) is 11.6 Å². The van der Waals surface area contributed by atoms with E-state index in [2.05, 4.69) is 25.4 Å². The second-order valence-corrected chi connectivity index (χ2v) is 7.51. The molecular weight excluding hydrogens is 328 g/mol. The molecule has 1 N–H and O–H groups in total. The summed E-state index contributed by atoms with van der Waals surface area (Å²) in [6.45, 7) is 0.498. The van der Waals surface area contributed by atoms with Crippen molar-refractivity contribution in [2.45, 2.75) is 11.6 Å². The molecule has 0 unspecified atom stereocenters. The lowest BCUT2D eigenvalue weighted by Gasteiger charge is -2.07. The Bertz CT molecular complexity index is 1100. The molecule has 0 spiro atoms. The fourth-order valence-corrected chi connectivity index (χ4v) is 3.56. The number of anilines is 1. The van der Waals surface area contributed by atoms with E-state index in [1.54, 1.807) is 36.3 Å². The number of sulfone groups is 1. The van der Waals surface area contributed by atoms with Gasteiger partial charge >= 0.3 is 0 Å². The number of rotatable bonds is 2. The molecule has 0 atom stereocenters. The zero-order valence-corrected chi connectivity index (χ0v) is 13.9. The number of benzene rings is 1. The van der Waals surface area contributed by atoms with Gasteiger partial charge < -0.3 is 5.32 Å². The highest BCUT2D eigenvalue weighted by Gasteiger charge is 2.20. The number of hydrogen-bond donors (Lipinski definition) is 1. The van der Waals surface area contributed by atoms with Crippen molar-refractivity contribution < 1.29 is 8.42 Å². The average Bonchev–Trinajstić information content (AvgIpc) is 3.09. The zero-order chi connectivity index (χ0) is 16.9. The molecule has 0 saturated heterocycles. The van der Waals surface area contributed by atoms with Crippen molar-refractivity contribution in [1.29, 1.82) is 0 Å². The maximum absolute atomic E-state index is 11.8. The monoisotopic (exact) mass is 342 g/mol. The Morgan fingerprint density at radius 3 is 2.79 bits per heavy atom. The van der Waals surface area contributed by atoms with Gasteiger partial charge in [0.25, 0.3) is 0 Å². The summed E-state index contributed by atoms with van der Waals surface area (Å²) in [5.41, 5.74) is 3.07. The third kappa shape index (κ3) is 2.33. The third-order valence-electron chi connectivity index (χ3n) is 3.82. The Morgan fingerprint density at radius 2 is 2.00 bits per heavy atom. The largest absolute Gasteiger partial charge is 0.339 e. The van der Waals surface area contributed by atoms with E-state index in [0.29, 0.717) is 17.8 Å². The number of amidine groups is 1. The van der Waals surface area contributed by atoms with E-state index in [1.807, 2.05) is 6.07 Å². The summed E-state index contributed by atoms with van der Waals surface area (Å²) >= 11 is 0. The first-order chi connectivity index (χ1) is 11.4. The van der Waals surface area contributed by atoms with Gasteiger partial charge in [-0.05, 0) is 18.2 Å². The van der Waals surface area contributed by atoms with Crippen LogP contribution < -0.4 is 5.32 Å². The molecule has 1 aromatic carbocycles. The summed E-state index contributed by atoms with van der Waals surface area (Å²) in [7, 11) is -1.66. The highest BCUT2D eigenvalue weighted by atomic mass is 32.2. The Kier molecular flexibility index (Phi) is 3.14. The van der Waals surface area contributed by atoms with Gasteiger partial charge in [-0.1, -0.05) is 0 Å². The predicted octanol–water partition coefficient (Wildman–Crippen LogP) is 1.14. The van der Waals surface area contributed by atoms with Crippen LogP contribution in [0.1, 0.15) is 11.4 Å². The van der Waals surface area contributed by atoms with Crippen LogP contribution in [0.5, 0.6) is 0 Å². The quantitative estimate of drug-likeness (QED) is 0.749. The molecule has 0 amide bonds. The van der Waals surface area contributed by atoms with Crippen LogP contribution >= 0.6 is 0 Å². The first-order valence-electron chi connectivity index (χ1n) is 7.22. The summed E-state index contributed by atoms with van der Waals surface area (Å²) in [6.07, 6.45) is 4.43. The van der Waals surface area contributed by atoms with Crippen LogP contribution in [0.4, 0.5) is 5.69 Å². The van der Waals surface area contributed by atoms with Crippen LogP contribution in [0.2, 0.25) is 0 Å². The molecule has 0 aliphatic carbocycles. The van der Waals surface area contributed by atoms with E-state index in [0.717, 1.165) is 28.8 Å². The second kappa shape index (κ2) is 5.10.